The number of fused-ring (bicyclic) bond motifs is 1. The molecule has 4 aromatic rings. The summed E-state index contributed by atoms with van der Waals surface area (Å²) in [4.78, 5) is 4.64. The molecule has 0 aliphatic heterocycles. The van der Waals surface area contributed by atoms with Gasteiger partial charge in [-0.15, -0.1) is 0 Å². The predicted molar refractivity (Wildman–Crippen MR) is 104 cm³/mol. The zero-order valence-electron chi connectivity index (χ0n) is 14.9. The van der Waals surface area contributed by atoms with Gasteiger partial charge in [0, 0.05) is 6.07 Å². The fourth-order valence-electron chi connectivity index (χ4n) is 3.10. The average molecular weight is 362 g/mol. The smallest absolute Gasteiger partial charge is 0.144 e. The lowest BCUT2D eigenvalue weighted by Gasteiger charge is -2.12. The Morgan fingerprint density at radius 3 is 2.56 bits per heavy atom. The first-order chi connectivity index (χ1) is 13.3. The van der Waals surface area contributed by atoms with Crippen LogP contribution < -0.4 is 9.47 Å². The van der Waals surface area contributed by atoms with E-state index in [1.54, 1.807) is 19.2 Å². The predicted octanol–water partition coefficient (Wildman–Crippen LogP) is 4.93. The number of benzene rings is 3. The van der Waals surface area contributed by atoms with E-state index in [2.05, 4.69) is 4.98 Å². The maximum Gasteiger partial charge on any atom is 0.144 e. The second kappa shape index (κ2) is 7.50. The molecule has 27 heavy (non-hydrogen) atoms. The lowest BCUT2D eigenvalue weighted by molar-refractivity contribution is 0.298. The van der Waals surface area contributed by atoms with Crippen LogP contribution in [0, 0.1) is 5.82 Å². The number of methoxy groups -OCH3 is 1. The van der Waals surface area contributed by atoms with Gasteiger partial charge in [0.1, 0.15) is 29.7 Å². The lowest BCUT2D eigenvalue weighted by Crippen LogP contribution is -2.10. The van der Waals surface area contributed by atoms with Crippen molar-refractivity contribution in [3.05, 3.63) is 78.6 Å². The van der Waals surface area contributed by atoms with E-state index in [0.717, 1.165) is 22.5 Å². The Morgan fingerprint density at radius 2 is 1.70 bits per heavy atom. The SMILES string of the molecule is COc1cccc(OCCn2c(-c3ccccc3F)nc3ccccc32)c1. The van der Waals surface area contributed by atoms with Gasteiger partial charge < -0.3 is 14.0 Å². The first-order valence-corrected chi connectivity index (χ1v) is 8.73. The maximum atomic E-state index is 14.4. The van der Waals surface area contributed by atoms with Crippen molar-refractivity contribution in [2.45, 2.75) is 6.54 Å². The van der Waals surface area contributed by atoms with E-state index < -0.39 is 0 Å². The highest BCUT2D eigenvalue weighted by molar-refractivity contribution is 5.80. The number of imidazole rings is 1. The standard InChI is InChI=1S/C22H19FN2O2/c1-26-16-7-6-8-17(15-16)27-14-13-25-21-12-5-4-11-20(21)24-22(25)18-9-2-3-10-19(18)23/h2-12,15H,13-14H2,1H3. The van der Waals surface area contributed by atoms with Crippen molar-refractivity contribution in [1.82, 2.24) is 9.55 Å². The van der Waals surface area contributed by atoms with E-state index in [4.69, 9.17) is 9.47 Å². The molecule has 4 rings (SSSR count). The molecular formula is C22H19FN2O2. The van der Waals surface area contributed by atoms with E-state index in [0.29, 0.717) is 24.5 Å². The Morgan fingerprint density at radius 1 is 0.926 bits per heavy atom. The molecule has 0 spiro atoms. The minimum Gasteiger partial charge on any atom is -0.497 e. The summed E-state index contributed by atoms with van der Waals surface area (Å²) in [5.41, 5.74) is 2.26. The fraction of sp³-hybridized carbons (Fsp3) is 0.136. The molecule has 0 aliphatic carbocycles. The molecule has 4 nitrogen and oxygen atoms in total. The number of halogens is 1. The third kappa shape index (κ3) is 3.49. The van der Waals surface area contributed by atoms with E-state index in [-0.39, 0.29) is 5.82 Å². The van der Waals surface area contributed by atoms with Crippen LogP contribution in [0.4, 0.5) is 4.39 Å². The Labute approximate surface area is 156 Å². The highest BCUT2D eigenvalue weighted by Crippen LogP contribution is 2.27. The van der Waals surface area contributed by atoms with Crippen LogP contribution in [0.2, 0.25) is 0 Å². The summed E-state index contributed by atoms with van der Waals surface area (Å²) < 4.78 is 27.4. The minimum atomic E-state index is -0.289. The molecule has 1 heterocycles. The Hall–Kier alpha value is -3.34. The van der Waals surface area contributed by atoms with Gasteiger partial charge in [0.25, 0.3) is 0 Å². The molecule has 0 N–H and O–H groups in total. The summed E-state index contributed by atoms with van der Waals surface area (Å²) in [6.45, 7) is 0.969. The first kappa shape index (κ1) is 17.1. The molecule has 0 bridgehead atoms. The van der Waals surface area contributed by atoms with Gasteiger partial charge in [0.2, 0.25) is 0 Å². The van der Waals surface area contributed by atoms with Gasteiger partial charge in [-0.25, -0.2) is 9.37 Å². The maximum absolute atomic E-state index is 14.4. The second-order valence-corrected chi connectivity index (χ2v) is 6.08. The number of para-hydroxylation sites is 2. The topological polar surface area (TPSA) is 36.3 Å². The summed E-state index contributed by atoms with van der Waals surface area (Å²) in [6, 6.07) is 22.0. The van der Waals surface area contributed by atoms with Gasteiger partial charge in [0.05, 0.1) is 30.3 Å². The molecule has 1 aromatic heterocycles. The molecule has 136 valence electrons. The van der Waals surface area contributed by atoms with Crippen molar-refractivity contribution in [3.63, 3.8) is 0 Å². The number of ether oxygens (including phenoxy) is 2. The number of hydrogen-bond acceptors (Lipinski definition) is 3. The minimum absolute atomic E-state index is 0.289. The van der Waals surface area contributed by atoms with E-state index in [1.165, 1.54) is 6.07 Å². The molecule has 3 aromatic carbocycles. The van der Waals surface area contributed by atoms with Crippen LogP contribution in [0.15, 0.2) is 72.8 Å². The molecule has 0 aliphatic rings. The zero-order valence-corrected chi connectivity index (χ0v) is 14.9. The molecule has 0 amide bonds. The summed E-state index contributed by atoms with van der Waals surface area (Å²) in [7, 11) is 1.62. The molecule has 0 saturated carbocycles. The van der Waals surface area contributed by atoms with Gasteiger partial charge >= 0.3 is 0 Å². The Kier molecular flexibility index (Phi) is 4.75. The normalized spacial score (nSPS) is 10.9. The Bertz CT molecular complexity index is 1070. The van der Waals surface area contributed by atoms with Gasteiger partial charge in [0.15, 0.2) is 0 Å². The second-order valence-electron chi connectivity index (χ2n) is 6.08. The summed E-state index contributed by atoms with van der Waals surface area (Å²) in [5, 5.41) is 0. The quantitative estimate of drug-likeness (QED) is 0.488. The van der Waals surface area contributed by atoms with Crippen LogP contribution in [0.3, 0.4) is 0 Å². The van der Waals surface area contributed by atoms with Gasteiger partial charge in [-0.1, -0.05) is 30.3 Å². The van der Waals surface area contributed by atoms with Crippen molar-refractivity contribution in [2.24, 2.45) is 0 Å². The third-order valence-electron chi connectivity index (χ3n) is 4.39. The van der Waals surface area contributed by atoms with E-state index >= 15 is 0 Å². The monoisotopic (exact) mass is 362 g/mol. The van der Waals surface area contributed by atoms with Crippen LogP contribution in [0.5, 0.6) is 11.5 Å². The van der Waals surface area contributed by atoms with E-state index in [1.807, 2.05) is 59.2 Å². The number of nitrogens with zero attached hydrogens (tertiary/aromatic N) is 2. The first-order valence-electron chi connectivity index (χ1n) is 8.73. The zero-order chi connectivity index (χ0) is 18.6. The molecule has 0 saturated heterocycles. The fourth-order valence-corrected chi connectivity index (χ4v) is 3.10. The van der Waals surface area contributed by atoms with Gasteiger partial charge in [-0.2, -0.15) is 0 Å². The Balaban J connectivity index is 1.64. The van der Waals surface area contributed by atoms with Gasteiger partial charge in [-0.3, -0.25) is 0 Å². The van der Waals surface area contributed by atoms with Gasteiger partial charge in [-0.05, 0) is 36.4 Å². The van der Waals surface area contributed by atoms with Crippen molar-refractivity contribution >= 4 is 11.0 Å². The van der Waals surface area contributed by atoms with Crippen LogP contribution >= 0.6 is 0 Å². The number of hydrogen-bond donors (Lipinski definition) is 0. The molecule has 0 atom stereocenters. The molecular weight excluding hydrogens is 343 g/mol. The number of rotatable bonds is 6. The summed E-state index contributed by atoms with van der Waals surface area (Å²) in [6.07, 6.45) is 0. The van der Waals surface area contributed by atoms with Crippen LogP contribution in [-0.4, -0.2) is 23.3 Å². The largest absolute Gasteiger partial charge is 0.497 e. The van der Waals surface area contributed by atoms with Crippen molar-refractivity contribution in [2.75, 3.05) is 13.7 Å². The van der Waals surface area contributed by atoms with Crippen molar-refractivity contribution in [1.29, 1.82) is 0 Å². The molecule has 0 unspecified atom stereocenters. The van der Waals surface area contributed by atoms with E-state index in [9.17, 15) is 4.39 Å². The highest BCUT2D eigenvalue weighted by Gasteiger charge is 2.15. The average Bonchev–Trinajstić information content (AvgIpc) is 3.07. The van der Waals surface area contributed by atoms with Crippen molar-refractivity contribution < 1.29 is 13.9 Å². The summed E-state index contributed by atoms with van der Waals surface area (Å²) in [5.74, 6) is 1.78. The van der Waals surface area contributed by atoms with Crippen molar-refractivity contribution in [3.8, 4) is 22.9 Å². The highest BCUT2D eigenvalue weighted by atomic mass is 19.1. The molecule has 0 fully saturated rings. The molecule has 0 radical (unpaired) electrons. The summed E-state index contributed by atoms with van der Waals surface area (Å²) >= 11 is 0. The lowest BCUT2D eigenvalue weighted by atomic mass is 10.2. The number of aromatic nitrogens is 2. The molecule has 5 heteroatoms. The van der Waals surface area contributed by atoms with Crippen LogP contribution in [0.1, 0.15) is 0 Å². The van der Waals surface area contributed by atoms with Crippen LogP contribution in [0.25, 0.3) is 22.4 Å². The third-order valence-corrected chi connectivity index (χ3v) is 4.39. The van der Waals surface area contributed by atoms with Crippen LogP contribution in [-0.2, 0) is 6.54 Å².